The van der Waals surface area contributed by atoms with Crippen molar-refractivity contribution in [1.82, 2.24) is 4.57 Å². The van der Waals surface area contributed by atoms with Gasteiger partial charge in [0, 0.05) is 29.7 Å². The van der Waals surface area contributed by atoms with Crippen molar-refractivity contribution in [1.29, 1.82) is 0 Å². The molecule has 0 aliphatic heterocycles. The Kier molecular flexibility index (Phi) is 6.79. The number of hydrogen-bond acceptors (Lipinski definition) is 3. The lowest BCUT2D eigenvalue weighted by molar-refractivity contribution is 0.319. The Labute approximate surface area is 151 Å². The highest BCUT2D eigenvalue weighted by Crippen LogP contribution is 2.32. The van der Waals surface area contributed by atoms with Crippen LogP contribution in [0.1, 0.15) is 49.1 Å². The van der Waals surface area contributed by atoms with E-state index in [9.17, 15) is 4.79 Å². The summed E-state index contributed by atoms with van der Waals surface area (Å²) in [6.45, 7) is 2.17. The number of oxime groups is 1. The highest BCUT2D eigenvalue weighted by Gasteiger charge is 2.19. The first-order valence-corrected chi connectivity index (χ1v) is 8.94. The van der Waals surface area contributed by atoms with Crippen LogP contribution < -0.4 is 5.56 Å². The van der Waals surface area contributed by atoms with Gasteiger partial charge >= 0.3 is 0 Å². The Hall–Kier alpha value is -1.88. The predicted octanol–water partition coefficient (Wildman–Crippen LogP) is 4.67. The molecule has 5 heteroatoms. The molecule has 0 aliphatic rings. The molecule has 24 heavy (non-hydrogen) atoms. The molecule has 0 saturated heterocycles. The Morgan fingerprint density at radius 3 is 2.46 bits per heavy atom. The molecule has 0 radical (unpaired) electrons. The molecule has 2 rings (SSSR count). The van der Waals surface area contributed by atoms with E-state index in [0.29, 0.717) is 5.92 Å². The van der Waals surface area contributed by atoms with Gasteiger partial charge in [0.25, 0.3) is 0 Å². The SMILES string of the molecule is CCCC(CC(/C=N/O)c1ccc(=O)n(C)c1)c1ccc(Br)cc1. The van der Waals surface area contributed by atoms with Gasteiger partial charge in [-0.3, -0.25) is 4.79 Å². The lowest BCUT2D eigenvalue weighted by Gasteiger charge is -2.22. The predicted molar refractivity (Wildman–Crippen MR) is 101 cm³/mol. The van der Waals surface area contributed by atoms with E-state index in [4.69, 9.17) is 5.21 Å². The quantitative estimate of drug-likeness (QED) is 0.424. The minimum atomic E-state index is -0.0449. The molecule has 2 unspecified atom stereocenters. The topological polar surface area (TPSA) is 54.6 Å². The maximum Gasteiger partial charge on any atom is 0.250 e. The van der Waals surface area contributed by atoms with Crippen LogP contribution >= 0.6 is 15.9 Å². The summed E-state index contributed by atoms with van der Waals surface area (Å²) in [6.07, 6.45) is 6.35. The number of benzene rings is 1. The fourth-order valence-electron chi connectivity index (χ4n) is 3.01. The van der Waals surface area contributed by atoms with Gasteiger partial charge in [-0.25, -0.2) is 0 Å². The van der Waals surface area contributed by atoms with Gasteiger partial charge in [-0.2, -0.15) is 0 Å². The first kappa shape index (κ1) is 18.5. The van der Waals surface area contributed by atoms with Gasteiger partial charge in [-0.1, -0.05) is 47.5 Å². The van der Waals surface area contributed by atoms with Crippen LogP contribution in [-0.4, -0.2) is 16.0 Å². The van der Waals surface area contributed by atoms with Gasteiger partial charge in [0.2, 0.25) is 5.56 Å². The zero-order valence-electron chi connectivity index (χ0n) is 14.0. The summed E-state index contributed by atoms with van der Waals surface area (Å²) in [5.41, 5.74) is 2.21. The molecule has 0 fully saturated rings. The molecular weight excluding hydrogens is 368 g/mol. The lowest BCUT2D eigenvalue weighted by Crippen LogP contribution is -2.17. The molecule has 0 aliphatic carbocycles. The monoisotopic (exact) mass is 390 g/mol. The molecule has 1 aromatic heterocycles. The smallest absolute Gasteiger partial charge is 0.250 e. The maximum absolute atomic E-state index is 11.6. The standard InChI is InChI=1S/C19H23BrN2O2/c1-3-4-15(14-5-8-18(20)9-6-14)11-17(12-21-24)16-7-10-19(23)22(2)13-16/h5-10,12-13,15,17,24H,3-4,11H2,1-2H3/b21-12+. The van der Waals surface area contributed by atoms with Crippen LogP contribution in [0.25, 0.3) is 0 Å². The first-order valence-electron chi connectivity index (χ1n) is 8.14. The van der Waals surface area contributed by atoms with Crippen LogP contribution in [0, 0.1) is 0 Å². The van der Waals surface area contributed by atoms with Crippen molar-refractivity contribution in [3.05, 3.63) is 68.5 Å². The number of aryl methyl sites for hydroxylation is 1. The molecule has 2 atom stereocenters. The van der Waals surface area contributed by atoms with E-state index < -0.39 is 0 Å². The summed E-state index contributed by atoms with van der Waals surface area (Å²) < 4.78 is 2.62. The van der Waals surface area contributed by atoms with Crippen LogP contribution in [-0.2, 0) is 7.05 Å². The Bertz CT molecular complexity index is 738. The van der Waals surface area contributed by atoms with E-state index in [1.165, 1.54) is 5.56 Å². The fourth-order valence-corrected chi connectivity index (χ4v) is 3.27. The zero-order chi connectivity index (χ0) is 17.5. The van der Waals surface area contributed by atoms with Gasteiger partial charge in [0.15, 0.2) is 0 Å². The second-order valence-electron chi connectivity index (χ2n) is 6.06. The second kappa shape index (κ2) is 8.83. The van der Waals surface area contributed by atoms with Gasteiger partial charge in [0.05, 0.1) is 6.21 Å². The molecule has 0 spiro atoms. The third-order valence-corrected chi connectivity index (χ3v) is 4.83. The van der Waals surface area contributed by atoms with Crippen molar-refractivity contribution in [2.75, 3.05) is 0 Å². The Morgan fingerprint density at radius 1 is 1.21 bits per heavy atom. The molecule has 2 aromatic rings. The highest BCUT2D eigenvalue weighted by atomic mass is 79.9. The molecule has 0 bridgehead atoms. The number of pyridine rings is 1. The largest absolute Gasteiger partial charge is 0.411 e. The van der Waals surface area contributed by atoms with Crippen molar-refractivity contribution < 1.29 is 5.21 Å². The van der Waals surface area contributed by atoms with Crippen molar-refractivity contribution in [3.8, 4) is 0 Å². The Balaban J connectivity index is 2.29. The van der Waals surface area contributed by atoms with Gasteiger partial charge in [-0.05, 0) is 42.0 Å². The van der Waals surface area contributed by atoms with Crippen molar-refractivity contribution in [3.63, 3.8) is 0 Å². The average molecular weight is 391 g/mol. The molecule has 0 saturated carbocycles. The molecule has 1 N–H and O–H groups in total. The van der Waals surface area contributed by atoms with E-state index in [2.05, 4.69) is 52.3 Å². The van der Waals surface area contributed by atoms with Gasteiger partial charge < -0.3 is 9.77 Å². The summed E-state index contributed by atoms with van der Waals surface area (Å²) in [4.78, 5) is 11.6. The number of hydrogen-bond donors (Lipinski definition) is 1. The second-order valence-corrected chi connectivity index (χ2v) is 6.97. The van der Waals surface area contributed by atoms with E-state index in [0.717, 1.165) is 29.3 Å². The van der Waals surface area contributed by atoms with Crippen LogP contribution in [0.4, 0.5) is 0 Å². The molecule has 1 aromatic carbocycles. The number of halogens is 1. The Morgan fingerprint density at radius 2 is 1.88 bits per heavy atom. The molecule has 4 nitrogen and oxygen atoms in total. The minimum absolute atomic E-state index is 0.0398. The summed E-state index contributed by atoms with van der Waals surface area (Å²) >= 11 is 3.47. The number of nitrogens with zero attached hydrogens (tertiary/aromatic N) is 2. The first-order chi connectivity index (χ1) is 11.5. The molecular formula is C19H23BrN2O2. The van der Waals surface area contributed by atoms with E-state index in [1.807, 2.05) is 12.3 Å². The van der Waals surface area contributed by atoms with E-state index in [1.54, 1.807) is 23.9 Å². The maximum atomic E-state index is 11.6. The average Bonchev–Trinajstić information content (AvgIpc) is 2.57. The third-order valence-electron chi connectivity index (χ3n) is 4.30. The number of rotatable bonds is 7. The summed E-state index contributed by atoms with van der Waals surface area (Å²) in [7, 11) is 1.73. The third kappa shape index (κ3) is 4.81. The molecule has 1 heterocycles. The summed E-state index contributed by atoms with van der Waals surface area (Å²) in [5, 5.41) is 12.3. The normalized spacial score (nSPS) is 14.0. The number of aromatic nitrogens is 1. The van der Waals surface area contributed by atoms with E-state index >= 15 is 0 Å². The summed E-state index contributed by atoms with van der Waals surface area (Å²) in [5.74, 6) is 0.324. The zero-order valence-corrected chi connectivity index (χ0v) is 15.6. The molecule has 128 valence electrons. The lowest BCUT2D eigenvalue weighted by atomic mass is 9.83. The summed E-state index contributed by atoms with van der Waals surface area (Å²) in [6, 6.07) is 11.8. The van der Waals surface area contributed by atoms with Crippen LogP contribution in [0.5, 0.6) is 0 Å². The van der Waals surface area contributed by atoms with Crippen molar-refractivity contribution >= 4 is 22.1 Å². The van der Waals surface area contributed by atoms with Crippen LogP contribution in [0.3, 0.4) is 0 Å². The minimum Gasteiger partial charge on any atom is -0.411 e. The van der Waals surface area contributed by atoms with Crippen LogP contribution in [0.15, 0.2) is 57.0 Å². The van der Waals surface area contributed by atoms with E-state index in [-0.39, 0.29) is 11.5 Å². The fraction of sp³-hybridized carbons (Fsp3) is 0.368. The van der Waals surface area contributed by atoms with Crippen molar-refractivity contribution in [2.24, 2.45) is 12.2 Å². The van der Waals surface area contributed by atoms with Crippen molar-refractivity contribution in [2.45, 2.75) is 38.0 Å². The molecule has 0 amide bonds. The highest BCUT2D eigenvalue weighted by molar-refractivity contribution is 9.10. The van der Waals surface area contributed by atoms with Gasteiger partial charge in [0.1, 0.15) is 0 Å². The van der Waals surface area contributed by atoms with Crippen LogP contribution in [0.2, 0.25) is 0 Å². The van der Waals surface area contributed by atoms with Gasteiger partial charge in [-0.15, -0.1) is 5.16 Å².